The predicted octanol–water partition coefficient (Wildman–Crippen LogP) is 4.10. The van der Waals surface area contributed by atoms with Gasteiger partial charge in [-0.05, 0) is 29.3 Å². The van der Waals surface area contributed by atoms with Gasteiger partial charge in [0.05, 0.1) is 18.1 Å². The Morgan fingerprint density at radius 3 is 2.09 bits per heavy atom. The average molecular weight is 465 g/mol. The van der Waals surface area contributed by atoms with E-state index in [0.29, 0.717) is 0 Å². The minimum Gasteiger partial charge on any atom is -0.325 e. The molecule has 8 heteroatoms. The summed E-state index contributed by atoms with van der Waals surface area (Å²) in [5.74, 6) is -1.43. The van der Waals surface area contributed by atoms with E-state index >= 15 is 0 Å². The third kappa shape index (κ3) is 5.52. The lowest BCUT2D eigenvalue weighted by molar-refractivity contribution is -0.117. The van der Waals surface area contributed by atoms with Gasteiger partial charge < -0.3 is 16.0 Å². The number of H-pyrrole nitrogens is 1. The molecule has 0 bridgehead atoms. The third-order valence-corrected chi connectivity index (χ3v) is 5.17. The largest absolute Gasteiger partial charge is 0.325 e. The van der Waals surface area contributed by atoms with E-state index in [0.717, 1.165) is 11.1 Å². The average Bonchev–Trinajstić information content (AvgIpc) is 2.80. The molecule has 0 saturated carbocycles. The number of amides is 1. The number of nitrogens with zero attached hydrogens (tertiary/aromatic N) is 1. The molecule has 1 unspecified atom stereocenters. The molecule has 3 aromatic carbocycles. The van der Waals surface area contributed by atoms with Crippen LogP contribution in [-0.2, 0) is 4.79 Å². The summed E-state index contributed by atoms with van der Waals surface area (Å²) >= 11 is 0. The Labute approximate surface area is 196 Å². The first-order valence-corrected chi connectivity index (χ1v) is 10.0. The number of aromatic amines is 1. The Bertz CT molecular complexity index is 1240. The second-order valence-electron chi connectivity index (χ2n) is 7.31. The van der Waals surface area contributed by atoms with Gasteiger partial charge in [0.25, 0.3) is 5.56 Å². The van der Waals surface area contributed by atoms with Crippen LogP contribution < -0.4 is 16.6 Å². The fourth-order valence-corrected chi connectivity index (χ4v) is 3.62. The van der Waals surface area contributed by atoms with Crippen LogP contribution in [0.4, 0.5) is 10.1 Å². The van der Waals surface area contributed by atoms with E-state index in [1.807, 2.05) is 60.7 Å². The molecule has 4 rings (SSSR count). The number of rotatable bonds is 6. The van der Waals surface area contributed by atoms with E-state index in [2.05, 4.69) is 15.3 Å². The Kier molecular flexibility index (Phi) is 7.71. The van der Waals surface area contributed by atoms with Crippen molar-refractivity contribution in [2.24, 2.45) is 5.73 Å². The number of carbonyl (C=O) groups is 1. The summed E-state index contributed by atoms with van der Waals surface area (Å²) in [4.78, 5) is 30.8. The molecule has 0 spiro atoms. The van der Waals surface area contributed by atoms with Crippen molar-refractivity contribution < 1.29 is 9.18 Å². The Hall–Kier alpha value is -3.81. The summed E-state index contributed by atoms with van der Waals surface area (Å²) in [6, 6.07) is 23.6. The van der Waals surface area contributed by atoms with Crippen LogP contribution in [-0.4, -0.2) is 21.9 Å². The van der Waals surface area contributed by atoms with E-state index in [1.54, 1.807) is 6.07 Å². The van der Waals surface area contributed by atoms with Gasteiger partial charge in [-0.2, -0.15) is 0 Å². The van der Waals surface area contributed by atoms with Gasteiger partial charge >= 0.3 is 0 Å². The zero-order valence-corrected chi connectivity index (χ0v) is 18.3. The van der Waals surface area contributed by atoms with Gasteiger partial charge in [-0.1, -0.05) is 60.7 Å². The fraction of sp³-hybridized carbons (Fsp3) is 0.0800. The van der Waals surface area contributed by atoms with Gasteiger partial charge in [-0.3, -0.25) is 9.59 Å². The molecule has 0 aliphatic carbocycles. The number of halogens is 2. The highest BCUT2D eigenvalue weighted by atomic mass is 35.5. The molecule has 0 aliphatic rings. The van der Waals surface area contributed by atoms with Gasteiger partial charge in [0.15, 0.2) is 0 Å². The number of nitrogens with two attached hydrogens (primary N) is 1. The van der Waals surface area contributed by atoms with Crippen LogP contribution in [0.5, 0.6) is 0 Å². The highest BCUT2D eigenvalue weighted by Gasteiger charge is 2.28. The van der Waals surface area contributed by atoms with Crippen molar-refractivity contribution in [2.75, 3.05) is 5.32 Å². The summed E-state index contributed by atoms with van der Waals surface area (Å²) in [5, 5.41) is 2.70. The molecule has 1 atom stereocenters. The van der Waals surface area contributed by atoms with E-state index < -0.39 is 17.8 Å². The number of nitrogens with one attached hydrogen (secondary N) is 2. The number of carbonyl (C=O) groups excluding carboxylic acids is 1. The van der Waals surface area contributed by atoms with Gasteiger partial charge in [-0.25, -0.2) is 9.37 Å². The van der Waals surface area contributed by atoms with Crippen molar-refractivity contribution >= 4 is 24.0 Å². The Balaban J connectivity index is 0.00000306. The first-order chi connectivity index (χ1) is 15.5. The van der Waals surface area contributed by atoms with E-state index in [9.17, 15) is 14.0 Å². The summed E-state index contributed by atoms with van der Waals surface area (Å²) < 4.78 is 14.7. The standard InChI is InChI=1S/C25H21FN4O2.ClH/c26-20-13-18(11-12-19(20)21-14-22(31)29-15-28-21)30-25(32)24(27)23(16-7-3-1-4-8-16)17-9-5-2-6-10-17;/h1-15,23-24H,27H2,(H,30,32)(H,28,29,31);1H. The first kappa shape index (κ1) is 23.8. The fourth-order valence-electron chi connectivity index (χ4n) is 3.62. The summed E-state index contributed by atoms with van der Waals surface area (Å²) in [5.41, 5.74) is 8.44. The van der Waals surface area contributed by atoms with Crippen molar-refractivity contribution in [1.29, 1.82) is 0 Å². The molecule has 1 aromatic heterocycles. The normalized spacial score (nSPS) is 11.5. The predicted molar refractivity (Wildman–Crippen MR) is 129 cm³/mol. The maximum Gasteiger partial charge on any atom is 0.251 e. The number of hydrogen-bond donors (Lipinski definition) is 3. The SMILES string of the molecule is Cl.NC(C(=O)Nc1ccc(-c2cc(=O)[nH]cn2)c(F)c1)C(c1ccccc1)c1ccccc1. The lowest BCUT2D eigenvalue weighted by Gasteiger charge is -2.24. The number of benzene rings is 3. The molecule has 0 fully saturated rings. The zero-order chi connectivity index (χ0) is 22.5. The van der Waals surface area contributed by atoms with Crippen molar-refractivity contribution in [2.45, 2.75) is 12.0 Å². The van der Waals surface area contributed by atoms with E-state index in [-0.39, 0.29) is 40.8 Å². The maximum absolute atomic E-state index is 14.7. The van der Waals surface area contributed by atoms with Gasteiger partial charge in [0, 0.05) is 23.2 Å². The molecular weight excluding hydrogens is 443 g/mol. The second kappa shape index (κ2) is 10.7. The van der Waals surface area contributed by atoms with Gasteiger partial charge in [0.2, 0.25) is 5.91 Å². The molecule has 6 nitrogen and oxygen atoms in total. The maximum atomic E-state index is 14.7. The third-order valence-electron chi connectivity index (χ3n) is 5.17. The van der Waals surface area contributed by atoms with Crippen LogP contribution in [0.1, 0.15) is 17.0 Å². The van der Waals surface area contributed by atoms with Crippen LogP contribution in [0.2, 0.25) is 0 Å². The molecule has 0 saturated heterocycles. The topological polar surface area (TPSA) is 101 Å². The van der Waals surface area contributed by atoms with E-state index in [1.165, 1.54) is 24.5 Å². The first-order valence-electron chi connectivity index (χ1n) is 10.0. The number of aromatic nitrogens is 2. The molecule has 33 heavy (non-hydrogen) atoms. The number of hydrogen-bond acceptors (Lipinski definition) is 4. The second-order valence-corrected chi connectivity index (χ2v) is 7.31. The zero-order valence-electron chi connectivity index (χ0n) is 17.4. The van der Waals surface area contributed by atoms with E-state index in [4.69, 9.17) is 5.73 Å². The summed E-state index contributed by atoms with van der Waals surface area (Å²) in [6.45, 7) is 0. The molecule has 0 aliphatic heterocycles. The molecular formula is C25H22ClFN4O2. The van der Waals surface area contributed by atoms with Crippen molar-refractivity contribution in [1.82, 2.24) is 9.97 Å². The molecule has 1 heterocycles. The lowest BCUT2D eigenvalue weighted by Crippen LogP contribution is -2.41. The Morgan fingerprint density at radius 2 is 1.55 bits per heavy atom. The highest BCUT2D eigenvalue weighted by molar-refractivity contribution is 5.96. The van der Waals surface area contributed by atoms with Crippen molar-refractivity contribution in [3.05, 3.63) is 119 Å². The van der Waals surface area contributed by atoms with Crippen LogP contribution >= 0.6 is 12.4 Å². The van der Waals surface area contributed by atoms with Gasteiger partial charge in [0.1, 0.15) is 5.82 Å². The van der Waals surface area contributed by atoms with Crippen LogP contribution in [0, 0.1) is 5.82 Å². The van der Waals surface area contributed by atoms with Crippen LogP contribution in [0.25, 0.3) is 11.3 Å². The highest BCUT2D eigenvalue weighted by Crippen LogP contribution is 2.28. The molecule has 4 aromatic rings. The molecule has 1 amide bonds. The monoisotopic (exact) mass is 464 g/mol. The smallest absolute Gasteiger partial charge is 0.251 e. The molecule has 168 valence electrons. The Morgan fingerprint density at radius 1 is 0.939 bits per heavy atom. The van der Waals surface area contributed by atoms with Crippen LogP contribution in [0.15, 0.2) is 96.1 Å². The van der Waals surface area contributed by atoms with Crippen molar-refractivity contribution in [3.63, 3.8) is 0 Å². The molecule has 4 N–H and O–H groups in total. The van der Waals surface area contributed by atoms with Crippen LogP contribution in [0.3, 0.4) is 0 Å². The summed E-state index contributed by atoms with van der Waals surface area (Å²) in [6.07, 6.45) is 1.21. The molecule has 0 radical (unpaired) electrons. The quantitative estimate of drug-likeness (QED) is 0.400. The van der Waals surface area contributed by atoms with Gasteiger partial charge in [-0.15, -0.1) is 12.4 Å². The minimum atomic E-state index is -0.906. The van der Waals surface area contributed by atoms with Crippen molar-refractivity contribution in [3.8, 4) is 11.3 Å². The lowest BCUT2D eigenvalue weighted by atomic mass is 9.85. The summed E-state index contributed by atoms with van der Waals surface area (Å²) in [7, 11) is 0. The minimum absolute atomic E-state index is 0. The number of anilines is 1.